The number of hydrogen-bond acceptors (Lipinski definition) is 5. The first kappa shape index (κ1) is 17.5. The van der Waals surface area contributed by atoms with Crippen LogP contribution >= 0.6 is 0 Å². The fourth-order valence-corrected chi connectivity index (χ4v) is 2.50. The third-order valence-electron chi connectivity index (χ3n) is 4.02. The van der Waals surface area contributed by atoms with E-state index in [1.807, 2.05) is 26.0 Å². The molecule has 0 fully saturated rings. The number of para-hydroxylation sites is 2. The lowest BCUT2D eigenvalue weighted by atomic mass is 10.1. The number of carbonyl (C=O) groups is 2. The Bertz CT molecular complexity index is 1030. The minimum atomic E-state index is -0.700. The summed E-state index contributed by atoms with van der Waals surface area (Å²) in [6.07, 6.45) is 0. The number of hydrogen-bond donors (Lipinski definition) is 1. The van der Waals surface area contributed by atoms with E-state index in [0.717, 1.165) is 11.1 Å². The summed E-state index contributed by atoms with van der Waals surface area (Å²) in [4.78, 5) is 35.7. The molecule has 0 saturated heterocycles. The fourth-order valence-electron chi connectivity index (χ4n) is 2.50. The Morgan fingerprint density at radius 3 is 2.65 bits per heavy atom. The maximum Gasteiger partial charge on any atom is 0.420 e. The Hall–Kier alpha value is -3.35. The van der Waals surface area contributed by atoms with Crippen LogP contribution in [0.3, 0.4) is 0 Å². The van der Waals surface area contributed by atoms with Gasteiger partial charge in [0, 0.05) is 5.69 Å². The van der Waals surface area contributed by atoms with Crippen LogP contribution in [0.2, 0.25) is 0 Å². The summed E-state index contributed by atoms with van der Waals surface area (Å²) in [5.41, 5.74) is 3.68. The molecule has 7 heteroatoms. The molecule has 0 saturated carbocycles. The molecular weight excluding hydrogens is 336 g/mol. The number of aryl methyl sites for hydroxylation is 2. The van der Waals surface area contributed by atoms with Crippen LogP contribution in [-0.2, 0) is 20.9 Å². The zero-order chi connectivity index (χ0) is 18.7. The SMILES string of the molecule is Cc1ccc(NC(=O)COC(=O)Cn2c(=O)oc3ccccc32)cc1C. The summed E-state index contributed by atoms with van der Waals surface area (Å²) in [7, 11) is 0. The van der Waals surface area contributed by atoms with Gasteiger partial charge < -0.3 is 14.5 Å². The molecule has 0 bridgehead atoms. The minimum absolute atomic E-state index is 0.327. The van der Waals surface area contributed by atoms with Gasteiger partial charge in [0.1, 0.15) is 6.54 Å². The highest BCUT2D eigenvalue weighted by atomic mass is 16.5. The van der Waals surface area contributed by atoms with Gasteiger partial charge in [-0.25, -0.2) is 4.79 Å². The highest BCUT2D eigenvalue weighted by Gasteiger charge is 2.14. The smallest absolute Gasteiger partial charge is 0.420 e. The van der Waals surface area contributed by atoms with Crippen LogP contribution in [-0.4, -0.2) is 23.1 Å². The lowest BCUT2D eigenvalue weighted by molar-refractivity contribution is -0.147. The highest BCUT2D eigenvalue weighted by Crippen LogP contribution is 2.14. The average Bonchev–Trinajstić information content (AvgIpc) is 2.92. The third kappa shape index (κ3) is 3.83. The number of carbonyl (C=O) groups excluding carboxylic acids is 2. The molecule has 0 unspecified atom stereocenters. The molecule has 1 aromatic heterocycles. The molecule has 3 aromatic rings. The second-order valence-electron chi connectivity index (χ2n) is 5.93. The Morgan fingerprint density at radius 2 is 1.88 bits per heavy atom. The second-order valence-corrected chi connectivity index (χ2v) is 5.93. The number of esters is 1. The van der Waals surface area contributed by atoms with Gasteiger partial charge in [-0.3, -0.25) is 14.2 Å². The van der Waals surface area contributed by atoms with Gasteiger partial charge in [-0.2, -0.15) is 0 Å². The zero-order valence-corrected chi connectivity index (χ0v) is 14.4. The number of amides is 1. The van der Waals surface area contributed by atoms with Crippen LogP contribution in [0.4, 0.5) is 5.69 Å². The topological polar surface area (TPSA) is 90.5 Å². The molecule has 26 heavy (non-hydrogen) atoms. The Balaban J connectivity index is 1.58. The number of rotatable bonds is 5. The minimum Gasteiger partial charge on any atom is -0.454 e. The summed E-state index contributed by atoms with van der Waals surface area (Å²) in [5, 5.41) is 2.66. The van der Waals surface area contributed by atoms with Gasteiger partial charge in [0.05, 0.1) is 5.52 Å². The van der Waals surface area contributed by atoms with Crippen LogP contribution < -0.4 is 11.1 Å². The van der Waals surface area contributed by atoms with Crippen molar-refractivity contribution in [3.63, 3.8) is 0 Å². The van der Waals surface area contributed by atoms with Gasteiger partial charge in [-0.15, -0.1) is 0 Å². The summed E-state index contributed by atoms with van der Waals surface area (Å²) in [6, 6.07) is 12.3. The van der Waals surface area contributed by atoms with E-state index >= 15 is 0 Å². The van der Waals surface area contributed by atoms with E-state index in [1.54, 1.807) is 30.3 Å². The van der Waals surface area contributed by atoms with Gasteiger partial charge in [0.15, 0.2) is 12.2 Å². The fraction of sp³-hybridized carbons (Fsp3) is 0.211. The van der Waals surface area contributed by atoms with Crippen LogP contribution in [0.5, 0.6) is 0 Å². The first-order valence-corrected chi connectivity index (χ1v) is 8.05. The maximum absolute atomic E-state index is 12.0. The van der Waals surface area contributed by atoms with Crippen molar-refractivity contribution in [1.82, 2.24) is 4.57 Å². The third-order valence-corrected chi connectivity index (χ3v) is 4.02. The molecule has 0 radical (unpaired) electrons. The van der Waals surface area contributed by atoms with E-state index in [2.05, 4.69) is 5.32 Å². The van der Waals surface area contributed by atoms with E-state index < -0.39 is 24.2 Å². The maximum atomic E-state index is 12.0. The summed E-state index contributed by atoms with van der Waals surface area (Å²) in [6.45, 7) is 3.16. The number of ether oxygens (including phenoxy) is 1. The number of nitrogens with one attached hydrogen (secondary N) is 1. The molecule has 134 valence electrons. The molecule has 1 amide bonds. The molecule has 0 spiro atoms. The van der Waals surface area contributed by atoms with Crippen molar-refractivity contribution in [1.29, 1.82) is 0 Å². The first-order chi connectivity index (χ1) is 12.4. The normalized spacial score (nSPS) is 10.7. The van der Waals surface area contributed by atoms with Gasteiger partial charge in [-0.05, 0) is 49.2 Å². The second kappa shape index (κ2) is 7.26. The van der Waals surface area contributed by atoms with Crippen LogP contribution in [0.15, 0.2) is 51.7 Å². The molecule has 0 aliphatic carbocycles. The van der Waals surface area contributed by atoms with E-state index in [9.17, 15) is 14.4 Å². The van der Waals surface area contributed by atoms with Crippen molar-refractivity contribution in [3.05, 3.63) is 64.1 Å². The van der Waals surface area contributed by atoms with E-state index in [0.29, 0.717) is 16.8 Å². The molecule has 7 nitrogen and oxygen atoms in total. The number of aromatic nitrogens is 1. The molecule has 2 aromatic carbocycles. The van der Waals surface area contributed by atoms with Gasteiger partial charge in [0.2, 0.25) is 0 Å². The lowest BCUT2D eigenvalue weighted by Gasteiger charge is -2.08. The summed E-state index contributed by atoms with van der Waals surface area (Å²) in [5.74, 6) is -1.80. The molecule has 0 aliphatic rings. The number of fused-ring (bicyclic) bond motifs is 1. The largest absolute Gasteiger partial charge is 0.454 e. The quantitative estimate of drug-likeness (QED) is 0.711. The summed E-state index contributed by atoms with van der Waals surface area (Å²) < 4.78 is 11.2. The van der Waals surface area contributed by atoms with Crippen molar-refractivity contribution in [3.8, 4) is 0 Å². The molecule has 1 heterocycles. The number of oxazole rings is 1. The van der Waals surface area contributed by atoms with Gasteiger partial charge in [0.25, 0.3) is 5.91 Å². The summed E-state index contributed by atoms with van der Waals surface area (Å²) >= 11 is 0. The molecule has 1 N–H and O–H groups in total. The van der Waals surface area contributed by atoms with E-state index in [-0.39, 0.29) is 6.54 Å². The van der Waals surface area contributed by atoms with Gasteiger partial charge >= 0.3 is 11.7 Å². The van der Waals surface area contributed by atoms with Crippen molar-refractivity contribution >= 4 is 28.7 Å². The van der Waals surface area contributed by atoms with Gasteiger partial charge in [-0.1, -0.05) is 18.2 Å². The number of benzene rings is 2. The molecule has 0 atom stereocenters. The lowest BCUT2D eigenvalue weighted by Crippen LogP contribution is -2.25. The Labute approximate surface area is 149 Å². The standard InChI is InChI=1S/C19H18N2O5/c1-12-7-8-14(9-13(12)2)20-17(22)11-25-18(23)10-21-15-5-3-4-6-16(15)26-19(21)24/h3-9H,10-11H2,1-2H3,(H,20,22). The zero-order valence-electron chi connectivity index (χ0n) is 14.4. The van der Waals surface area contributed by atoms with Crippen LogP contribution in [0.1, 0.15) is 11.1 Å². The Kier molecular flexibility index (Phi) is 4.88. The van der Waals surface area contributed by atoms with E-state index in [4.69, 9.17) is 9.15 Å². The predicted octanol–water partition coefficient (Wildman–Crippen LogP) is 2.39. The molecule has 0 aliphatic heterocycles. The molecular formula is C19H18N2O5. The van der Waals surface area contributed by atoms with Crippen LogP contribution in [0.25, 0.3) is 11.1 Å². The number of anilines is 1. The van der Waals surface area contributed by atoms with Crippen molar-refractivity contribution in [2.45, 2.75) is 20.4 Å². The predicted molar refractivity (Wildman–Crippen MR) is 96.0 cm³/mol. The monoisotopic (exact) mass is 354 g/mol. The highest BCUT2D eigenvalue weighted by molar-refractivity contribution is 5.93. The average molecular weight is 354 g/mol. The number of nitrogens with zero attached hydrogens (tertiary/aromatic N) is 1. The van der Waals surface area contributed by atoms with Crippen molar-refractivity contribution < 1.29 is 18.7 Å². The first-order valence-electron chi connectivity index (χ1n) is 8.05. The Morgan fingerprint density at radius 1 is 1.12 bits per heavy atom. The molecule has 3 rings (SSSR count). The van der Waals surface area contributed by atoms with Crippen molar-refractivity contribution in [2.75, 3.05) is 11.9 Å². The van der Waals surface area contributed by atoms with Crippen molar-refractivity contribution in [2.24, 2.45) is 0 Å². The van der Waals surface area contributed by atoms with Crippen LogP contribution in [0, 0.1) is 13.8 Å². The van der Waals surface area contributed by atoms with E-state index in [1.165, 1.54) is 4.57 Å².